The summed E-state index contributed by atoms with van der Waals surface area (Å²) in [6.45, 7) is 0. The summed E-state index contributed by atoms with van der Waals surface area (Å²) in [4.78, 5) is 12.0. The smallest absolute Gasteiger partial charge is 0.267 e. The van der Waals surface area contributed by atoms with Crippen molar-refractivity contribution in [3.63, 3.8) is 0 Å². The van der Waals surface area contributed by atoms with E-state index >= 15 is 0 Å². The van der Waals surface area contributed by atoms with E-state index in [2.05, 4.69) is 10.5 Å². The summed E-state index contributed by atoms with van der Waals surface area (Å²) < 4.78 is 13.6. The summed E-state index contributed by atoms with van der Waals surface area (Å²) in [6.07, 6.45) is 6.29. The fraction of sp³-hybridized carbons (Fsp3) is 0.529. The Kier molecular flexibility index (Phi) is 3.05. The van der Waals surface area contributed by atoms with E-state index in [1.807, 2.05) is 0 Å². The second-order valence-electron chi connectivity index (χ2n) is 6.76. The molecular formula is C17H19FN2O. The highest BCUT2D eigenvalue weighted by molar-refractivity contribution is 5.96. The van der Waals surface area contributed by atoms with Crippen LogP contribution in [-0.4, -0.2) is 11.6 Å². The normalized spacial score (nSPS) is 33.1. The Hall–Kier alpha value is -1.71. The number of nitrogens with one attached hydrogen (secondary N) is 1. The lowest BCUT2D eigenvalue weighted by Crippen LogP contribution is -2.46. The molecule has 1 amide bonds. The van der Waals surface area contributed by atoms with Crippen LogP contribution < -0.4 is 5.43 Å². The standard InChI is InChI=1S/C17H19FN2O/c18-15-4-2-1-3-14(15)17(21)20-19-16-12-6-10-5-11(8-12)9-13(16)7-10/h1-4,10-13H,5-9H2,(H,20,21). The topological polar surface area (TPSA) is 41.5 Å². The molecule has 4 aliphatic carbocycles. The van der Waals surface area contributed by atoms with Gasteiger partial charge in [0.05, 0.1) is 5.56 Å². The van der Waals surface area contributed by atoms with E-state index in [0.29, 0.717) is 11.8 Å². The maximum Gasteiger partial charge on any atom is 0.274 e. The Labute approximate surface area is 123 Å². The highest BCUT2D eigenvalue weighted by atomic mass is 19.1. The van der Waals surface area contributed by atoms with Crippen molar-refractivity contribution in [1.82, 2.24) is 5.43 Å². The van der Waals surface area contributed by atoms with Crippen molar-refractivity contribution in [2.24, 2.45) is 28.8 Å². The van der Waals surface area contributed by atoms with Crippen LogP contribution in [0.15, 0.2) is 29.4 Å². The van der Waals surface area contributed by atoms with Crippen LogP contribution in [0, 0.1) is 29.5 Å². The Morgan fingerprint density at radius 2 is 1.67 bits per heavy atom. The van der Waals surface area contributed by atoms with Gasteiger partial charge in [-0.25, -0.2) is 9.82 Å². The molecule has 4 bridgehead atoms. The van der Waals surface area contributed by atoms with Gasteiger partial charge in [-0.2, -0.15) is 5.10 Å². The Morgan fingerprint density at radius 1 is 1.05 bits per heavy atom. The molecule has 4 aliphatic rings. The lowest BCUT2D eigenvalue weighted by atomic mass is 9.55. The van der Waals surface area contributed by atoms with Crippen LogP contribution >= 0.6 is 0 Å². The molecule has 0 spiro atoms. The van der Waals surface area contributed by atoms with E-state index in [-0.39, 0.29) is 5.56 Å². The number of benzene rings is 1. The summed E-state index contributed by atoms with van der Waals surface area (Å²) in [5, 5.41) is 4.39. The molecule has 4 fully saturated rings. The largest absolute Gasteiger partial charge is 0.274 e. The average Bonchev–Trinajstić information content (AvgIpc) is 2.46. The van der Waals surface area contributed by atoms with Crippen molar-refractivity contribution in [2.75, 3.05) is 0 Å². The summed E-state index contributed by atoms with van der Waals surface area (Å²) in [6, 6.07) is 6.02. The fourth-order valence-electron chi connectivity index (χ4n) is 4.67. The zero-order valence-electron chi connectivity index (χ0n) is 11.9. The minimum Gasteiger partial charge on any atom is -0.267 e. The molecule has 1 aromatic rings. The van der Waals surface area contributed by atoms with Crippen molar-refractivity contribution in [3.05, 3.63) is 35.6 Å². The van der Waals surface area contributed by atoms with Crippen LogP contribution in [0.4, 0.5) is 4.39 Å². The second kappa shape index (κ2) is 4.93. The van der Waals surface area contributed by atoms with Crippen molar-refractivity contribution >= 4 is 11.6 Å². The zero-order chi connectivity index (χ0) is 14.4. The van der Waals surface area contributed by atoms with Crippen LogP contribution in [0.25, 0.3) is 0 Å². The highest BCUT2D eigenvalue weighted by Gasteiger charge is 2.46. The molecule has 21 heavy (non-hydrogen) atoms. The molecule has 0 saturated heterocycles. The molecular weight excluding hydrogens is 267 g/mol. The molecule has 5 rings (SSSR count). The van der Waals surface area contributed by atoms with E-state index in [1.165, 1.54) is 44.2 Å². The number of rotatable bonds is 2. The quantitative estimate of drug-likeness (QED) is 0.832. The van der Waals surface area contributed by atoms with Gasteiger partial charge in [0.25, 0.3) is 5.91 Å². The van der Waals surface area contributed by atoms with Gasteiger partial charge in [-0.15, -0.1) is 0 Å². The van der Waals surface area contributed by atoms with E-state index < -0.39 is 11.7 Å². The van der Waals surface area contributed by atoms with Crippen molar-refractivity contribution < 1.29 is 9.18 Å². The Balaban J connectivity index is 1.51. The number of hydrogen-bond donors (Lipinski definition) is 1. The molecule has 0 unspecified atom stereocenters. The third-order valence-corrected chi connectivity index (χ3v) is 5.38. The molecule has 110 valence electrons. The number of carbonyl (C=O) groups is 1. The molecule has 0 aromatic heterocycles. The number of carbonyl (C=O) groups excluding carboxylic acids is 1. The first kappa shape index (κ1) is 13.0. The van der Waals surface area contributed by atoms with Gasteiger partial charge in [-0.3, -0.25) is 4.79 Å². The van der Waals surface area contributed by atoms with Crippen LogP contribution in [0.5, 0.6) is 0 Å². The maximum absolute atomic E-state index is 13.6. The summed E-state index contributed by atoms with van der Waals surface area (Å²) in [7, 11) is 0. The van der Waals surface area contributed by atoms with E-state index in [4.69, 9.17) is 0 Å². The van der Waals surface area contributed by atoms with Crippen molar-refractivity contribution in [2.45, 2.75) is 32.1 Å². The number of nitrogens with zero attached hydrogens (tertiary/aromatic N) is 1. The third-order valence-electron chi connectivity index (χ3n) is 5.38. The summed E-state index contributed by atoms with van der Waals surface area (Å²) in [5.74, 6) is 1.88. The number of hydrogen-bond acceptors (Lipinski definition) is 2. The Morgan fingerprint density at radius 3 is 2.29 bits per heavy atom. The first-order chi connectivity index (χ1) is 10.2. The van der Waals surface area contributed by atoms with Gasteiger partial charge in [-0.1, -0.05) is 12.1 Å². The van der Waals surface area contributed by atoms with Crippen LogP contribution in [0.2, 0.25) is 0 Å². The van der Waals surface area contributed by atoms with Gasteiger partial charge in [0.15, 0.2) is 0 Å². The lowest BCUT2D eigenvalue weighted by Gasteiger charge is -2.50. The minimum absolute atomic E-state index is 0.0608. The van der Waals surface area contributed by atoms with Gasteiger partial charge < -0.3 is 0 Å². The Bertz CT molecular complexity index is 581. The molecule has 1 aromatic carbocycles. The maximum atomic E-state index is 13.6. The molecule has 0 radical (unpaired) electrons. The monoisotopic (exact) mass is 286 g/mol. The summed E-state index contributed by atoms with van der Waals surface area (Å²) in [5.41, 5.74) is 3.80. The van der Waals surface area contributed by atoms with Gasteiger partial charge in [0, 0.05) is 5.71 Å². The number of hydrazone groups is 1. The molecule has 0 aliphatic heterocycles. The molecule has 1 N–H and O–H groups in total. The minimum atomic E-state index is -0.500. The molecule has 0 heterocycles. The van der Waals surface area contributed by atoms with Crippen LogP contribution in [0.3, 0.4) is 0 Å². The average molecular weight is 286 g/mol. The predicted octanol–water partition coefficient (Wildman–Crippen LogP) is 3.37. The SMILES string of the molecule is O=C(NN=C1C2CC3CC(C2)CC1C3)c1ccccc1F. The third kappa shape index (κ3) is 2.27. The lowest BCUT2D eigenvalue weighted by molar-refractivity contribution is 0.0939. The number of amides is 1. The van der Waals surface area contributed by atoms with Gasteiger partial charge in [0.2, 0.25) is 0 Å². The highest BCUT2D eigenvalue weighted by Crippen LogP contribution is 2.52. The van der Waals surface area contributed by atoms with E-state index in [0.717, 1.165) is 17.5 Å². The van der Waals surface area contributed by atoms with Gasteiger partial charge in [0.1, 0.15) is 5.82 Å². The molecule has 0 atom stereocenters. The summed E-state index contributed by atoms with van der Waals surface area (Å²) >= 11 is 0. The van der Waals surface area contributed by atoms with Crippen molar-refractivity contribution in [3.8, 4) is 0 Å². The van der Waals surface area contributed by atoms with Gasteiger partial charge >= 0.3 is 0 Å². The zero-order valence-corrected chi connectivity index (χ0v) is 11.9. The molecule has 3 nitrogen and oxygen atoms in total. The van der Waals surface area contributed by atoms with E-state index in [9.17, 15) is 9.18 Å². The van der Waals surface area contributed by atoms with Crippen LogP contribution in [-0.2, 0) is 0 Å². The molecule has 4 heteroatoms. The first-order valence-electron chi connectivity index (χ1n) is 7.83. The molecule has 4 saturated carbocycles. The van der Waals surface area contributed by atoms with Crippen LogP contribution in [0.1, 0.15) is 42.5 Å². The number of halogens is 1. The second-order valence-corrected chi connectivity index (χ2v) is 6.76. The van der Waals surface area contributed by atoms with E-state index in [1.54, 1.807) is 12.1 Å². The predicted molar refractivity (Wildman–Crippen MR) is 78.3 cm³/mol. The first-order valence-corrected chi connectivity index (χ1v) is 7.83. The fourth-order valence-corrected chi connectivity index (χ4v) is 4.67. The van der Waals surface area contributed by atoms with Crippen molar-refractivity contribution in [1.29, 1.82) is 0 Å². The van der Waals surface area contributed by atoms with Gasteiger partial charge in [-0.05, 0) is 67.9 Å².